The van der Waals surface area contributed by atoms with Crippen molar-refractivity contribution in [2.75, 3.05) is 0 Å². The van der Waals surface area contributed by atoms with Gasteiger partial charge in [0.15, 0.2) is 0 Å². The molecule has 1 N–H and O–H groups in total. The molecule has 2 unspecified atom stereocenters. The average Bonchev–Trinajstić information content (AvgIpc) is 3.42. The second kappa shape index (κ2) is 10.7. The minimum atomic E-state index is -0.708. The van der Waals surface area contributed by atoms with Crippen molar-refractivity contribution >= 4 is 11.9 Å². The maximum absolute atomic E-state index is 13.0. The summed E-state index contributed by atoms with van der Waals surface area (Å²) in [5.41, 5.74) is 4.78. The van der Waals surface area contributed by atoms with Gasteiger partial charge in [-0.3, -0.25) is 4.79 Å². The summed E-state index contributed by atoms with van der Waals surface area (Å²) in [4.78, 5) is 25.0. The first-order valence-corrected chi connectivity index (χ1v) is 12.9. The van der Waals surface area contributed by atoms with Crippen LogP contribution in [0.2, 0.25) is 0 Å². The first-order valence-electron chi connectivity index (χ1n) is 12.9. The normalized spacial score (nSPS) is 24.5. The van der Waals surface area contributed by atoms with E-state index in [0.717, 1.165) is 22.3 Å². The van der Waals surface area contributed by atoms with Crippen molar-refractivity contribution in [3.05, 3.63) is 108 Å². The summed E-state index contributed by atoms with van der Waals surface area (Å²) >= 11 is 0. The predicted octanol–water partition coefficient (Wildman–Crippen LogP) is 5.86. The maximum Gasteiger partial charge on any atom is 0.338 e. The number of rotatable bonds is 7. The van der Waals surface area contributed by atoms with Crippen LogP contribution in [0.25, 0.3) is 11.1 Å². The molecular formula is C32H32O5. The molecule has 5 rings (SSSR count). The number of aliphatic hydroxyl groups is 1. The third kappa shape index (κ3) is 5.52. The van der Waals surface area contributed by atoms with Gasteiger partial charge >= 0.3 is 11.9 Å². The van der Waals surface area contributed by atoms with Gasteiger partial charge in [0.1, 0.15) is 12.2 Å². The number of carbonyl (C=O) groups excluding carboxylic acids is 2. The van der Waals surface area contributed by atoms with Crippen molar-refractivity contribution in [3.63, 3.8) is 0 Å². The third-order valence-corrected chi connectivity index (χ3v) is 7.65. The molecule has 5 heteroatoms. The Bertz CT molecular complexity index is 1280. The summed E-state index contributed by atoms with van der Waals surface area (Å²) < 4.78 is 11.5. The predicted molar refractivity (Wildman–Crippen MR) is 142 cm³/mol. The highest BCUT2D eigenvalue weighted by atomic mass is 16.6. The molecule has 2 aliphatic rings. The van der Waals surface area contributed by atoms with Crippen molar-refractivity contribution < 1.29 is 24.2 Å². The fourth-order valence-corrected chi connectivity index (χ4v) is 5.48. The van der Waals surface area contributed by atoms with E-state index in [1.165, 1.54) is 0 Å². The zero-order chi connectivity index (χ0) is 25.9. The topological polar surface area (TPSA) is 72.8 Å². The van der Waals surface area contributed by atoms with Crippen LogP contribution in [0.3, 0.4) is 0 Å². The molecule has 1 saturated heterocycles. The largest absolute Gasteiger partial charge is 0.462 e. The summed E-state index contributed by atoms with van der Waals surface area (Å²) in [7, 11) is 0. The highest BCUT2D eigenvalue weighted by molar-refractivity contribution is 5.90. The Labute approximate surface area is 217 Å². The fourth-order valence-electron chi connectivity index (χ4n) is 5.48. The zero-order valence-corrected chi connectivity index (χ0v) is 21.1. The average molecular weight is 497 g/mol. The molecule has 5 nitrogen and oxygen atoms in total. The standard InChI is InChI=1S/C32H32O5/c1-20-7-6-10-25(17-20)21(2)28(33)16-15-26-27-18-31(34)36-30(27)19-29(26)37-32(35)24-13-11-23(12-14-24)22-8-4-3-5-9-22/h3-17,21,26-30,33H,18-19H2,1-2H3/b16-15+/t21?,26-,27-,28?,29-,30+/m1/s1. The molecule has 0 bridgehead atoms. The minimum Gasteiger partial charge on any atom is -0.462 e. The van der Waals surface area contributed by atoms with Crippen molar-refractivity contribution in [2.24, 2.45) is 11.8 Å². The summed E-state index contributed by atoms with van der Waals surface area (Å²) in [5.74, 6) is -0.989. The Morgan fingerprint density at radius 2 is 1.76 bits per heavy atom. The first-order chi connectivity index (χ1) is 17.9. The van der Waals surface area contributed by atoms with Crippen molar-refractivity contribution in [1.82, 2.24) is 0 Å². The lowest BCUT2D eigenvalue weighted by Crippen LogP contribution is -2.25. The van der Waals surface area contributed by atoms with E-state index < -0.39 is 18.2 Å². The zero-order valence-electron chi connectivity index (χ0n) is 21.1. The highest BCUT2D eigenvalue weighted by Gasteiger charge is 2.50. The molecule has 1 aliphatic carbocycles. The van der Waals surface area contributed by atoms with Gasteiger partial charge in [-0.15, -0.1) is 0 Å². The molecule has 0 spiro atoms. The monoisotopic (exact) mass is 496 g/mol. The van der Waals surface area contributed by atoms with Gasteiger partial charge in [-0.05, 0) is 35.7 Å². The van der Waals surface area contributed by atoms with E-state index in [9.17, 15) is 14.7 Å². The van der Waals surface area contributed by atoms with Crippen LogP contribution in [0.5, 0.6) is 0 Å². The molecule has 6 atom stereocenters. The Morgan fingerprint density at radius 3 is 2.49 bits per heavy atom. The number of aliphatic hydroxyl groups excluding tert-OH is 1. The molecule has 1 aliphatic heterocycles. The number of ether oxygens (including phenoxy) is 2. The van der Waals surface area contributed by atoms with Gasteiger partial charge in [-0.25, -0.2) is 4.79 Å². The van der Waals surface area contributed by atoms with Gasteiger partial charge < -0.3 is 14.6 Å². The third-order valence-electron chi connectivity index (χ3n) is 7.65. The van der Waals surface area contributed by atoms with Crippen LogP contribution >= 0.6 is 0 Å². The van der Waals surface area contributed by atoms with E-state index in [1.54, 1.807) is 18.2 Å². The molecule has 1 heterocycles. The van der Waals surface area contributed by atoms with Crippen LogP contribution in [0, 0.1) is 18.8 Å². The SMILES string of the molecule is Cc1cccc(C(C)C(O)/C=C/[C@@H]2[C@H]3CC(=O)O[C@H]3C[C@H]2OC(=O)c2ccc(-c3ccccc3)cc2)c1. The molecule has 2 fully saturated rings. The number of esters is 2. The van der Waals surface area contributed by atoms with E-state index in [-0.39, 0.29) is 29.8 Å². The van der Waals surface area contributed by atoms with Gasteiger partial charge in [-0.1, -0.05) is 91.4 Å². The molecule has 190 valence electrons. The second-order valence-corrected chi connectivity index (χ2v) is 10.2. The Kier molecular flexibility index (Phi) is 7.24. The van der Waals surface area contributed by atoms with E-state index in [0.29, 0.717) is 18.4 Å². The van der Waals surface area contributed by atoms with Crippen molar-refractivity contribution in [1.29, 1.82) is 0 Å². The van der Waals surface area contributed by atoms with E-state index in [2.05, 4.69) is 6.07 Å². The van der Waals surface area contributed by atoms with Crippen LogP contribution in [-0.4, -0.2) is 35.4 Å². The molecular weight excluding hydrogens is 464 g/mol. The molecule has 3 aromatic carbocycles. The van der Waals surface area contributed by atoms with Crippen LogP contribution in [0.4, 0.5) is 0 Å². The lowest BCUT2D eigenvalue weighted by molar-refractivity contribution is -0.141. The van der Waals surface area contributed by atoms with E-state index in [4.69, 9.17) is 9.47 Å². The number of hydrogen-bond acceptors (Lipinski definition) is 5. The van der Waals surface area contributed by atoms with Gasteiger partial charge in [0.2, 0.25) is 0 Å². The number of fused-ring (bicyclic) bond motifs is 1. The minimum absolute atomic E-state index is 0.0662. The fraction of sp³-hybridized carbons (Fsp3) is 0.312. The molecule has 0 amide bonds. The highest BCUT2D eigenvalue weighted by Crippen LogP contribution is 2.44. The lowest BCUT2D eigenvalue weighted by atomic mass is 9.89. The van der Waals surface area contributed by atoms with Crippen molar-refractivity contribution in [2.45, 2.75) is 50.9 Å². The Balaban J connectivity index is 1.29. The van der Waals surface area contributed by atoms with Crippen LogP contribution in [0.15, 0.2) is 91.0 Å². The number of hydrogen-bond donors (Lipinski definition) is 1. The smallest absolute Gasteiger partial charge is 0.338 e. The molecule has 0 radical (unpaired) electrons. The number of aryl methyl sites for hydroxylation is 1. The van der Waals surface area contributed by atoms with Gasteiger partial charge in [0.25, 0.3) is 0 Å². The van der Waals surface area contributed by atoms with Gasteiger partial charge in [-0.2, -0.15) is 0 Å². The van der Waals surface area contributed by atoms with Crippen LogP contribution < -0.4 is 0 Å². The summed E-state index contributed by atoms with van der Waals surface area (Å²) in [6, 6.07) is 25.5. The van der Waals surface area contributed by atoms with E-state index >= 15 is 0 Å². The molecule has 1 saturated carbocycles. The second-order valence-electron chi connectivity index (χ2n) is 10.2. The Hall–Kier alpha value is -3.70. The van der Waals surface area contributed by atoms with E-state index in [1.807, 2.05) is 80.6 Å². The molecule has 37 heavy (non-hydrogen) atoms. The number of carbonyl (C=O) groups is 2. The van der Waals surface area contributed by atoms with Crippen LogP contribution in [0.1, 0.15) is 47.2 Å². The van der Waals surface area contributed by atoms with Crippen molar-refractivity contribution in [3.8, 4) is 11.1 Å². The Morgan fingerprint density at radius 1 is 1.03 bits per heavy atom. The quantitative estimate of drug-likeness (QED) is 0.328. The maximum atomic E-state index is 13.0. The summed E-state index contributed by atoms with van der Waals surface area (Å²) in [6.45, 7) is 4.02. The molecule has 0 aromatic heterocycles. The first kappa shape index (κ1) is 25.0. The number of benzene rings is 3. The van der Waals surface area contributed by atoms with Crippen LogP contribution in [-0.2, 0) is 14.3 Å². The lowest BCUT2D eigenvalue weighted by Gasteiger charge is -2.22. The summed E-state index contributed by atoms with van der Waals surface area (Å²) in [5, 5.41) is 10.9. The van der Waals surface area contributed by atoms with Gasteiger partial charge in [0, 0.05) is 24.2 Å². The summed E-state index contributed by atoms with van der Waals surface area (Å²) in [6.07, 6.45) is 3.04. The molecule has 3 aromatic rings. The van der Waals surface area contributed by atoms with Gasteiger partial charge in [0.05, 0.1) is 18.1 Å².